The van der Waals surface area contributed by atoms with Crippen LogP contribution in [0.3, 0.4) is 0 Å². The SMILES string of the molecule is CCNC(=O)CN(C)C(=O)c1ccc(F)c(C)c1. The number of rotatable bonds is 4. The minimum absolute atomic E-state index is 0.0108. The molecular weight excluding hydrogens is 235 g/mol. The summed E-state index contributed by atoms with van der Waals surface area (Å²) in [6.45, 7) is 3.92. The van der Waals surface area contributed by atoms with Crippen molar-refractivity contribution in [1.82, 2.24) is 10.2 Å². The molecule has 1 rings (SSSR count). The average Bonchev–Trinajstić information content (AvgIpc) is 2.32. The highest BCUT2D eigenvalue weighted by Gasteiger charge is 2.15. The summed E-state index contributed by atoms with van der Waals surface area (Å²) >= 11 is 0. The number of carbonyl (C=O) groups is 2. The number of amides is 2. The minimum atomic E-state index is -0.349. The Kier molecular flexibility index (Phi) is 4.83. The van der Waals surface area contributed by atoms with Gasteiger partial charge in [0.2, 0.25) is 5.91 Å². The summed E-state index contributed by atoms with van der Waals surface area (Å²) < 4.78 is 13.1. The zero-order valence-corrected chi connectivity index (χ0v) is 10.8. The van der Waals surface area contributed by atoms with Crippen LogP contribution >= 0.6 is 0 Å². The first-order valence-corrected chi connectivity index (χ1v) is 5.74. The molecule has 1 aromatic carbocycles. The normalized spacial score (nSPS) is 10.0. The Bertz CT molecular complexity index is 460. The standard InChI is InChI=1S/C13H17FN2O2/c1-4-15-12(17)8-16(3)13(18)10-5-6-11(14)9(2)7-10/h5-7H,4,8H2,1-3H3,(H,15,17). The molecule has 5 heteroatoms. The van der Waals surface area contributed by atoms with Gasteiger partial charge in [-0.3, -0.25) is 9.59 Å². The van der Waals surface area contributed by atoms with Gasteiger partial charge in [0.05, 0.1) is 6.54 Å². The molecule has 2 amide bonds. The van der Waals surface area contributed by atoms with Crippen LogP contribution in [0.5, 0.6) is 0 Å². The predicted molar refractivity (Wildman–Crippen MR) is 66.8 cm³/mol. The number of benzene rings is 1. The summed E-state index contributed by atoms with van der Waals surface area (Å²) in [5.74, 6) is -0.866. The van der Waals surface area contributed by atoms with E-state index in [4.69, 9.17) is 0 Å². The second kappa shape index (κ2) is 6.14. The van der Waals surface area contributed by atoms with Gasteiger partial charge in [-0.25, -0.2) is 4.39 Å². The molecule has 0 spiro atoms. The minimum Gasteiger partial charge on any atom is -0.355 e. The molecule has 1 N–H and O–H groups in total. The van der Waals surface area contributed by atoms with Gasteiger partial charge in [0.1, 0.15) is 5.82 Å². The van der Waals surface area contributed by atoms with Gasteiger partial charge in [0.25, 0.3) is 5.91 Å². The third-order valence-electron chi connectivity index (χ3n) is 2.51. The van der Waals surface area contributed by atoms with Crippen molar-refractivity contribution in [2.75, 3.05) is 20.1 Å². The van der Waals surface area contributed by atoms with Crippen LogP contribution in [0.15, 0.2) is 18.2 Å². The van der Waals surface area contributed by atoms with E-state index in [0.29, 0.717) is 17.7 Å². The van der Waals surface area contributed by atoms with Crippen molar-refractivity contribution < 1.29 is 14.0 Å². The molecule has 0 aliphatic heterocycles. The topological polar surface area (TPSA) is 49.4 Å². The monoisotopic (exact) mass is 252 g/mol. The second-order valence-electron chi connectivity index (χ2n) is 4.08. The fourth-order valence-corrected chi connectivity index (χ4v) is 1.54. The van der Waals surface area contributed by atoms with Crippen LogP contribution in [0, 0.1) is 12.7 Å². The molecule has 1 aromatic rings. The zero-order chi connectivity index (χ0) is 13.7. The third kappa shape index (κ3) is 3.55. The maximum absolute atomic E-state index is 13.1. The molecular formula is C13H17FN2O2. The summed E-state index contributed by atoms with van der Waals surface area (Å²) in [6.07, 6.45) is 0. The molecule has 0 atom stereocenters. The van der Waals surface area contributed by atoms with Gasteiger partial charge in [0.15, 0.2) is 0 Å². The molecule has 0 heterocycles. The Balaban J connectivity index is 2.74. The van der Waals surface area contributed by atoms with Crippen molar-refractivity contribution in [2.24, 2.45) is 0 Å². The highest BCUT2D eigenvalue weighted by Crippen LogP contribution is 2.10. The highest BCUT2D eigenvalue weighted by molar-refractivity contribution is 5.96. The molecule has 18 heavy (non-hydrogen) atoms. The summed E-state index contributed by atoms with van der Waals surface area (Å²) in [6, 6.07) is 4.15. The van der Waals surface area contributed by atoms with E-state index in [1.165, 1.54) is 30.1 Å². The van der Waals surface area contributed by atoms with Crippen molar-refractivity contribution in [3.63, 3.8) is 0 Å². The van der Waals surface area contributed by atoms with Crippen LogP contribution in [-0.4, -0.2) is 36.9 Å². The van der Waals surface area contributed by atoms with Crippen molar-refractivity contribution in [3.05, 3.63) is 35.1 Å². The van der Waals surface area contributed by atoms with E-state index in [9.17, 15) is 14.0 Å². The molecule has 0 aliphatic carbocycles. The highest BCUT2D eigenvalue weighted by atomic mass is 19.1. The molecule has 0 saturated heterocycles. The first-order valence-electron chi connectivity index (χ1n) is 5.74. The van der Waals surface area contributed by atoms with Crippen molar-refractivity contribution in [2.45, 2.75) is 13.8 Å². The Hall–Kier alpha value is -1.91. The summed E-state index contributed by atoms with van der Waals surface area (Å²) in [5, 5.41) is 2.61. The molecule has 0 aliphatic rings. The lowest BCUT2D eigenvalue weighted by atomic mass is 10.1. The van der Waals surface area contributed by atoms with Gasteiger partial charge in [-0.2, -0.15) is 0 Å². The summed E-state index contributed by atoms with van der Waals surface area (Å²) in [5.41, 5.74) is 0.785. The molecule has 98 valence electrons. The van der Waals surface area contributed by atoms with Crippen molar-refractivity contribution >= 4 is 11.8 Å². The molecule has 4 nitrogen and oxygen atoms in total. The first-order chi connectivity index (χ1) is 8.45. The van der Waals surface area contributed by atoms with Gasteiger partial charge in [-0.1, -0.05) is 0 Å². The number of nitrogens with one attached hydrogen (secondary N) is 1. The molecule has 0 unspecified atom stereocenters. The van der Waals surface area contributed by atoms with Crippen molar-refractivity contribution in [1.29, 1.82) is 0 Å². The number of aryl methyl sites for hydroxylation is 1. The number of likely N-dealkylation sites (N-methyl/N-ethyl adjacent to an activating group) is 2. The predicted octanol–water partition coefficient (Wildman–Crippen LogP) is 1.34. The van der Waals surface area contributed by atoms with E-state index in [2.05, 4.69) is 5.32 Å². The van der Waals surface area contributed by atoms with Gasteiger partial charge in [-0.15, -0.1) is 0 Å². The van der Waals surface area contributed by atoms with Gasteiger partial charge in [0, 0.05) is 19.2 Å². The Morgan fingerprint density at radius 1 is 1.39 bits per heavy atom. The van der Waals surface area contributed by atoms with E-state index in [0.717, 1.165) is 0 Å². The fraction of sp³-hybridized carbons (Fsp3) is 0.385. The number of nitrogens with zero attached hydrogens (tertiary/aromatic N) is 1. The largest absolute Gasteiger partial charge is 0.355 e. The van der Waals surface area contributed by atoms with Crippen LogP contribution in [0.25, 0.3) is 0 Å². The summed E-state index contributed by atoms with van der Waals surface area (Å²) in [4.78, 5) is 24.6. The Labute approximate surface area is 106 Å². The zero-order valence-electron chi connectivity index (χ0n) is 10.8. The fourth-order valence-electron chi connectivity index (χ4n) is 1.54. The Morgan fingerprint density at radius 3 is 2.61 bits per heavy atom. The van der Waals surface area contributed by atoms with Gasteiger partial charge >= 0.3 is 0 Å². The van der Waals surface area contributed by atoms with E-state index >= 15 is 0 Å². The number of halogens is 1. The van der Waals surface area contributed by atoms with Crippen LogP contribution < -0.4 is 5.32 Å². The third-order valence-corrected chi connectivity index (χ3v) is 2.51. The lowest BCUT2D eigenvalue weighted by Gasteiger charge is -2.16. The maximum atomic E-state index is 13.1. The molecule has 0 aromatic heterocycles. The van der Waals surface area contributed by atoms with Crippen LogP contribution in [0.4, 0.5) is 4.39 Å². The van der Waals surface area contributed by atoms with Crippen LogP contribution in [0.2, 0.25) is 0 Å². The van der Waals surface area contributed by atoms with E-state index in [1.54, 1.807) is 6.92 Å². The lowest BCUT2D eigenvalue weighted by Crippen LogP contribution is -2.38. The average molecular weight is 252 g/mol. The lowest BCUT2D eigenvalue weighted by molar-refractivity contribution is -0.121. The number of hydrogen-bond donors (Lipinski definition) is 1. The van der Waals surface area contributed by atoms with Crippen LogP contribution in [-0.2, 0) is 4.79 Å². The maximum Gasteiger partial charge on any atom is 0.254 e. The second-order valence-corrected chi connectivity index (χ2v) is 4.08. The molecule has 0 bridgehead atoms. The van der Waals surface area contributed by atoms with E-state index in [-0.39, 0.29) is 24.2 Å². The number of carbonyl (C=O) groups excluding carboxylic acids is 2. The Morgan fingerprint density at radius 2 is 2.06 bits per heavy atom. The quantitative estimate of drug-likeness (QED) is 0.879. The van der Waals surface area contributed by atoms with Gasteiger partial charge in [-0.05, 0) is 37.6 Å². The molecule has 0 radical (unpaired) electrons. The first kappa shape index (κ1) is 14.2. The van der Waals surface area contributed by atoms with Gasteiger partial charge < -0.3 is 10.2 Å². The smallest absolute Gasteiger partial charge is 0.254 e. The molecule has 0 saturated carbocycles. The number of hydrogen-bond acceptors (Lipinski definition) is 2. The van der Waals surface area contributed by atoms with Crippen LogP contribution in [0.1, 0.15) is 22.8 Å². The summed E-state index contributed by atoms with van der Waals surface area (Å²) in [7, 11) is 1.54. The van der Waals surface area contributed by atoms with E-state index in [1.807, 2.05) is 6.92 Å². The molecule has 0 fully saturated rings. The van der Waals surface area contributed by atoms with E-state index < -0.39 is 0 Å². The van der Waals surface area contributed by atoms with Crippen molar-refractivity contribution in [3.8, 4) is 0 Å².